The Hall–Kier alpha value is -4.04. The second kappa shape index (κ2) is 11.8. The van der Waals surface area contributed by atoms with Crippen LogP contribution in [0.4, 0.5) is 11.4 Å². The van der Waals surface area contributed by atoms with Crippen molar-refractivity contribution in [1.82, 2.24) is 5.32 Å². The second-order valence-electron chi connectivity index (χ2n) is 8.70. The van der Waals surface area contributed by atoms with Gasteiger partial charge in [0, 0.05) is 17.1 Å². The van der Waals surface area contributed by atoms with E-state index in [0.717, 1.165) is 28.1 Å². The number of methoxy groups -OCH3 is 1. The molecule has 0 saturated heterocycles. The van der Waals surface area contributed by atoms with Gasteiger partial charge in [0.25, 0.3) is 5.91 Å². The Bertz CT molecular complexity index is 1370. The predicted octanol–water partition coefficient (Wildman–Crippen LogP) is 5.60. The number of aliphatic imine (C=N–C) groups is 1. The first kappa shape index (κ1) is 26.0. The topological polar surface area (TPSA) is 91.8 Å². The minimum absolute atomic E-state index is 0.133. The van der Waals surface area contributed by atoms with Gasteiger partial charge in [-0.05, 0) is 61.7 Å². The number of amides is 2. The lowest BCUT2D eigenvalue weighted by Gasteiger charge is -2.27. The number of rotatable bonds is 7. The molecule has 0 aliphatic carbocycles. The SMILES string of the molecule is COc1cc([C@@H]2N=C(SCC(=O)Nc3ccccc3C)NC(C)=C2C(=O)Nc2ccccc2)ccc1C. The van der Waals surface area contributed by atoms with E-state index in [9.17, 15) is 9.59 Å². The molecule has 4 rings (SSSR count). The molecule has 1 aliphatic heterocycles. The van der Waals surface area contributed by atoms with Crippen LogP contribution >= 0.6 is 11.8 Å². The fourth-order valence-corrected chi connectivity index (χ4v) is 4.76. The molecule has 2 amide bonds. The van der Waals surface area contributed by atoms with Crippen LogP contribution in [0.15, 0.2) is 89.1 Å². The van der Waals surface area contributed by atoms with Crippen molar-refractivity contribution in [1.29, 1.82) is 0 Å². The normalized spacial score (nSPS) is 14.9. The van der Waals surface area contributed by atoms with Crippen LogP contribution in [0.1, 0.15) is 29.7 Å². The number of benzene rings is 3. The van der Waals surface area contributed by atoms with E-state index in [1.54, 1.807) is 7.11 Å². The van der Waals surface area contributed by atoms with Crippen molar-refractivity contribution in [3.63, 3.8) is 0 Å². The number of ether oxygens (including phenoxy) is 1. The minimum Gasteiger partial charge on any atom is -0.496 e. The van der Waals surface area contributed by atoms with Crippen LogP contribution < -0.4 is 20.7 Å². The number of para-hydroxylation sites is 2. The third kappa shape index (κ3) is 6.40. The first-order valence-electron chi connectivity index (χ1n) is 11.9. The van der Waals surface area contributed by atoms with Gasteiger partial charge in [0.15, 0.2) is 5.17 Å². The molecule has 0 unspecified atom stereocenters. The Morgan fingerprint density at radius 3 is 2.41 bits per heavy atom. The molecule has 8 heteroatoms. The largest absolute Gasteiger partial charge is 0.496 e. The molecular formula is C29H30N4O3S. The average Bonchev–Trinajstić information content (AvgIpc) is 2.89. The molecule has 1 heterocycles. The summed E-state index contributed by atoms with van der Waals surface area (Å²) in [4.78, 5) is 30.9. The summed E-state index contributed by atoms with van der Waals surface area (Å²) in [5.74, 6) is 0.513. The van der Waals surface area contributed by atoms with Gasteiger partial charge in [0.1, 0.15) is 11.8 Å². The van der Waals surface area contributed by atoms with Crippen molar-refractivity contribution in [2.45, 2.75) is 26.8 Å². The van der Waals surface area contributed by atoms with Gasteiger partial charge in [-0.1, -0.05) is 60.3 Å². The van der Waals surface area contributed by atoms with Crippen molar-refractivity contribution < 1.29 is 14.3 Å². The highest BCUT2D eigenvalue weighted by Crippen LogP contribution is 2.35. The molecule has 37 heavy (non-hydrogen) atoms. The lowest BCUT2D eigenvalue weighted by molar-refractivity contribution is -0.114. The summed E-state index contributed by atoms with van der Waals surface area (Å²) in [5, 5.41) is 9.71. The van der Waals surface area contributed by atoms with Crippen molar-refractivity contribution in [2.24, 2.45) is 4.99 Å². The number of hydrogen-bond acceptors (Lipinski definition) is 6. The Kier molecular flexibility index (Phi) is 8.30. The maximum absolute atomic E-state index is 13.4. The highest BCUT2D eigenvalue weighted by atomic mass is 32.2. The van der Waals surface area contributed by atoms with E-state index < -0.39 is 6.04 Å². The van der Waals surface area contributed by atoms with Gasteiger partial charge >= 0.3 is 0 Å². The first-order chi connectivity index (χ1) is 17.9. The maximum atomic E-state index is 13.4. The van der Waals surface area contributed by atoms with E-state index in [0.29, 0.717) is 22.1 Å². The molecule has 1 atom stereocenters. The van der Waals surface area contributed by atoms with Gasteiger partial charge in [-0.15, -0.1) is 0 Å². The molecular weight excluding hydrogens is 484 g/mol. The number of carbonyl (C=O) groups excluding carboxylic acids is 2. The maximum Gasteiger partial charge on any atom is 0.255 e. The van der Waals surface area contributed by atoms with Crippen LogP contribution in [0.2, 0.25) is 0 Å². The molecule has 7 nitrogen and oxygen atoms in total. The number of anilines is 2. The number of allylic oxidation sites excluding steroid dienone is 1. The molecule has 0 radical (unpaired) electrons. The summed E-state index contributed by atoms with van der Waals surface area (Å²) < 4.78 is 5.53. The van der Waals surface area contributed by atoms with Gasteiger partial charge in [-0.3, -0.25) is 9.59 Å². The van der Waals surface area contributed by atoms with Gasteiger partial charge in [0.2, 0.25) is 5.91 Å². The average molecular weight is 515 g/mol. The monoisotopic (exact) mass is 514 g/mol. The molecule has 3 aromatic rings. The van der Waals surface area contributed by atoms with E-state index in [-0.39, 0.29) is 17.6 Å². The van der Waals surface area contributed by atoms with E-state index in [4.69, 9.17) is 9.73 Å². The van der Waals surface area contributed by atoms with Gasteiger partial charge in [-0.25, -0.2) is 4.99 Å². The van der Waals surface area contributed by atoms with Crippen molar-refractivity contribution in [2.75, 3.05) is 23.5 Å². The zero-order valence-electron chi connectivity index (χ0n) is 21.3. The lowest BCUT2D eigenvalue weighted by atomic mass is 9.94. The molecule has 0 saturated carbocycles. The number of thioether (sulfide) groups is 1. The Labute approximate surface area is 221 Å². The van der Waals surface area contributed by atoms with E-state index in [1.165, 1.54) is 11.8 Å². The molecule has 0 aromatic heterocycles. The van der Waals surface area contributed by atoms with E-state index >= 15 is 0 Å². The molecule has 0 fully saturated rings. The molecule has 3 aromatic carbocycles. The fourth-order valence-electron chi connectivity index (χ4n) is 4.02. The van der Waals surface area contributed by atoms with Crippen LogP contribution in [-0.4, -0.2) is 29.8 Å². The number of nitrogens with one attached hydrogen (secondary N) is 3. The Morgan fingerprint density at radius 1 is 0.946 bits per heavy atom. The number of nitrogens with zero attached hydrogens (tertiary/aromatic N) is 1. The van der Waals surface area contributed by atoms with E-state index in [1.807, 2.05) is 93.6 Å². The van der Waals surface area contributed by atoms with Gasteiger partial charge in [-0.2, -0.15) is 0 Å². The third-order valence-electron chi connectivity index (χ3n) is 6.00. The molecule has 1 aliphatic rings. The Balaban J connectivity index is 1.58. The molecule has 190 valence electrons. The predicted molar refractivity (Wildman–Crippen MR) is 151 cm³/mol. The van der Waals surface area contributed by atoms with Crippen LogP contribution in [0.5, 0.6) is 5.75 Å². The summed E-state index contributed by atoms with van der Waals surface area (Å²) in [6.45, 7) is 5.76. The molecule has 0 spiro atoms. The fraction of sp³-hybridized carbons (Fsp3) is 0.207. The highest BCUT2D eigenvalue weighted by Gasteiger charge is 2.30. The first-order valence-corrected chi connectivity index (χ1v) is 12.9. The number of hydrogen-bond donors (Lipinski definition) is 3. The number of amidine groups is 1. The van der Waals surface area contributed by atoms with Crippen molar-refractivity contribution in [3.8, 4) is 5.75 Å². The van der Waals surface area contributed by atoms with Crippen LogP contribution in [0.25, 0.3) is 0 Å². The summed E-state index contributed by atoms with van der Waals surface area (Å²) >= 11 is 1.29. The quantitative estimate of drug-likeness (QED) is 0.382. The Morgan fingerprint density at radius 2 is 1.68 bits per heavy atom. The van der Waals surface area contributed by atoms with Gasteiger partial charge in [0.05, 0.1) is 18.4 Å². The number of carbonyl (C=O) groups is 2. The summed E-state index contributed by atoms with van der Waals surface area (Å²) in [6.07, 6.45) is 0. The second-order valence-corrected chi connectivity index (χ2v) is 9.67. The van der Waals surface area contributed by atoms with Crippen molar-refractivity contribution >= 4 is 40.1 Å². The molecule has 0 bridgehead atoms. The standard InChI is InChI=1S/C29H30N4O3S/c1-18-10-8-9-13-23(18)32-25(34)17-37-29-30-20(3)26(28(35)31-22-11-6-5-7-12-22)27(33-29)21-15-14-19(2)24(16-21)36-4/h5-16,27H,17H2,1-4H3,(H,30,33)(H,31,35)(H,32,34)/t27-/m0/s1. The summed E-state index contributed by atoms with van der Waals surface area (Å²) in [7, 11) is 1.62. The zero-order valence-corrected chi connectivity index (χ0v) is 22.1. The van der Waals surface area contributed by atoms with Crippen LogP contribution in [0.3, 0.4) is 0 Å². The minimum atomic E-state index is -0.568. The third-order valence-corrected chi connectivity index (χ3v) is 6.89. The summed E-state index contributed by atoms with van der Waals surface area (Å²) in [6, 6.07) is 22.2. The lowest BCUT2D eigenvalue weighted by Crippen LogP contribution is -2.32. The van der Waals surface area contributed by atoms with Crippen molar-refractivity contribution in [3.05, 3.63) is 101 Å². The van der Waals surface area contributed by atoms with Crippen LogP contribution in [-0.2, 0) is 9.59 Å². The smallest absolute Gasteiger partial charge is 0.255 e. The number of aryl methyl sites for hydroxylation is 2. The van der Waals surface area contributed by atoms with E-state index in [2.05, 4.69) is 16.0 Å². The summed E-state index contributed by atoms with van der Waals surface area (Å²) in [5.41, 5.74) is 5.47. The zero-order chi connectivity index (χ0) is 26.4. The molecule has 3 N–H and O–H groups in total. The van der Waals surface area contributed by atoms with Gasteiger partial charge < -0.3 is 20.7 Å². The highest BCUT2D eigenvalue weighted by molar-refractivity contribution is 8.14. The van der Waals surface area contributed by atoms with Crippen LogP contribution in [0, 0.1) is 13.8 Å².